The Hall–Kier alpha value is -2.51. The molecule has 0 heterocycles. The molecule has 3 rings (SSSR count). The van der Waals surface area contributed by atoms with Crippen molar-refractivity contribution < 1.29 is 14.4 Å². The van der Waals surface area contributed by atoms with Crippen LogP contribution in [-0.2, 0) is 4.79 Å². The first-order chi connectivity index (χ1) is 15.4. The number of nitrogens with one attached hydrogen (secondary N) is 2. The Balaban J connectivity index is 1.67. The molecule has 1 aliphatic carbocycles. The van der Waals surface area contributed by atoms with Crippen molar-refractivity contribution >= 4 is 46.8 Å². The van der Waals surface area contributed by atoms with Crippen molar-refractivity contribution in [1.82, 2.24) is 10.2 Å². The monoisotopic (exact) mass is 473 g/mol. The van der Waals surface area contributed by atoms with Crippen LogP contribution in [0.1, 0.15) is 52.8 Å². The van der Waals surface area contributed by atoms with E-state index in [1.54, 1.807) is 24.3 Å². The number of anilines is 1. The van der Waals surface area contributed by atoms with E-state index in [9.17, 15) is 14.4 Å². The van der Waals surface area contributed by atoms with Crippen molar-refractivity contribution in [3.63, 3.8) is 0 Å². The average Bonchev–Trinajstić information content (AvgIpc) is 2.83. The Morgan fingerprint density at radius 2 is 1.75 bits per heavy atom. The van der Waals surface area contributed by atoms with Crippen LogP contribution in [0.3, 0.4) is 0 Å². The zero-order valence-corrected chi connectivity index (χ0v) is 19.9. The summed E-state index contributed by atoms with van der Waals surface area (Å²) in [5, 5.41) is 5.65. The number of nitrogens with zero attached hydrogens (tertiary/aromatic N) is 1. The first-order valence-electron chi connectivity index (χ1n) is 10.7. The molecule has 1 fully saturated rings. The summed E-state index contributed by atoms with van der Waals surface area (Å²) >= 11 is 7.45. The molecule has 0 unspecified atom stereocenters. The van der Waals surface area contributed by atoms with Gasteiger partial charge in [0.2, 0.25) is 5.91 Å². The maximum Gasteiger partial charge on any atom is 0.256 e. The molecule has 0 atom stereocenters. The first kappa shape index (κ1) is 24.1. The molecule has 2 N–H and O–H groups in total. The fourth-order valence-electron chi connectivity index (χ4n) is 3.80. The van der Waals surface area contributed by atoms with Gasteiger partial charge in [0.05, 0.1) is 21.9 Å². The maximum absolute atomic E-state index is 12.9. The SMILES string of the molecule is CNC(=O)c1cc(NC(=O)c2ccccc2SCC(=O)N(C)C2CCCCC2)ccc1Cl. The molecule has 0 bridgehead atoms. The van der Waals surface area contributed by atoms with Crippen molar-refractivity contribution in [3.8, 4) is 0 Å². The van der Waals surface area contributed by atoms with Crippen molar-refractivity contribution in [2.45, 2.75) is 43.0 Å². The third-order valence-corrected chi connectivity index (χ3v) is 7.08. The number of carbonyl (C=O) groups is 3. The topological polar surface area (TPSA) is 78.5 Å². The highest BCUT2D eigenvalue weighted by Crippen LogP contribution is 2.27. The number of thioether (sulfide) groups is 1. The van der Waals surface area contributed by atoms with Crippen molar-refractivity contribution in [1.29, 1.82) is 0 Å². The molecule has 0 saturated heterocycles. The fourth-order valence-corrected chi connectivity index (χ4v) is 4.98. The Kier molecular flexibility index (Phi) is 8.59. The van der Waals surface area contributed by atoms with E-state index >= 15 is 0 Å². The molecule has 0 aliphatic heterocycles. The third kappa shape index (κ3) is 6.04. The van der Waals surface area contributed by atoms with Crippen LogP contribution in [0.2, 0.25) is 5.02 Å². The number of carbonyl (C=O) groups excluding carboxylic acids is 3. The minimum absolute atomic E-state index is 0.0741. The quantitative estimate of drug-likeness (QED) is 0.564. The van der Waals surface area contributed by atoms with Gasteiger partial charge in [0.15, 0.2) is 0 Å². The molecule has 1 aliphatic rings. The molecule has 8 heteroatoms. The summed E-state index contributed by atoms with van der Waals surface area (Å²) in [5.74, 6) is -0.293. The number of rotatable bonds is 7. The fraction of sp³-hybridized carbons (Fsp3) is 0.375. The van der Waals surface area contributed by atoms with Gasteiger partial charge >= 0.3 is 0 Å². The van der Waals surface area contributed by atoms with Crippen LogP contribution in [0.25, 0.3) is 0 Å². The second-order valence-corrected chi connectivity index (χ2v) is 9.23. The highest BCUT2D eigenvalue weighted by molar-refractivity contribution is 8.00. The molecular formula is C24H28ClN3O3S. The molecule has 1 saturated carbocycles. The van der Waals surface area contributed by atoms with E-state index < -0.39 is 0 Å². The normalized spacial score (nSPS) is 14.0. The summed E-state index contributed by atoms with van der Waals surface area (Å²) in [4.78, 5) is 40.2. The smallest absolute Gasteiger partial charge is 0.256 e. The van der Waals surface area contributed by atoms with Gasteiger partial charge in [-0.25, -0.2) is 0 Å². The maximum atomic E-state index is 12.9. The molecule has 0 radical (unpaired) electrons. The number of amides is 3. The van der Waals surface area contributed by atoms with Crippen LogP contribution < -0.4 is 10.6 Å². The molecule has 2 aromatic rings. The second-order valence-electron chi connectivity index (χ2n) is 7.81. The number of benzene rings is 2. The number of hydrogen-bond acceptors (Lipinski definition) is 4. The lowest BCUT2D eigenvalue weighted by atomic mass is 9.94. The van der Waals surface area contributed by atoms with E-state index in [0.29, 0.717) is 22.3 Å². The minimum atomic E-state index is -0.331. The average molecular weight is 474 g/mol. The zero-order valence-electron chi connectivity index (χ0n) is 18.3. The standard InChI is InChI=1S/C24H28ClN3O3S/c1-26-23(30)19-14-16(12-13-20(19)25)27-24(31)18-10-6-7-11-21(18)32-15-22(29)28(2)17-8-4-3-5-9-17/h6-7,10-14,17H,3-5,8-9,15H2,1-2H3,(H,26,30)(H,27,31). The molecule has 2 aromatic carbocycles. The van der Waals surface area contributed by atoms with Crippen molar-refractivity contribution in [2.75, 3.05) is 25.2 Å². The Bertz CT molecular complexity index is 992. The van der Waals surface area contributed by atoms with Gasteiger partial charge < -0.3 is 15.5 Å². The van der Waals surface area contributed by atoms with Gasteiger partial charge in [-0.15, -0.1) is 11.8 Å². The van der Waals surface area contributed by atoms with Crippen LogP contribution in [0.5, 0.6) is 0 Å². The van der Waals surface area contributed by atoms with Gasteiger partial charge in [0.25, 0.3) is 11.8 Å². The Morgan fingerprint density at radius 3 is 2.47 bits per heavy atom. The highest BCUT2D eigenvalue weighted by atomic mass is 35.5. The van der Waals surface area contributed by atoms with E-state index in [1.807, 2.05) is 24.1 Å². The van der Waals surface area contributed by atoms with E-state index in [1.165, 1.54) is 44.1 Å². The molecule has 6 nitrogen and oxygen atoms in total. The predicted octanol–water partition coefficient (Wildman–Crippen LogP) is 4.84. The molecule has 0 spiro atoms. The molecular weight excluding hydrogens is 446 g/mol. The second kappa shape index (κ2) is 11.4. The largest absolute Gasteiger partial charge is 0.355 e. The van der Waals surface area contributed by atoms with Crippen molar-refractivity contribution in [2.24, 2.45) is 0 Å². The Morgan fingerprint density at radius 1 is 1.03 bits per heavy atom. The van der Waals surface area contributed by atoms with Crippen molar-refractivity contribution in [3.05, 3.63) is 58.6 Å². The van der Waals surface area contributed by atoms with Crippen LogP contribution in [0.15, 0.2) is 47.4 Å². The van der Waals surface area contributed by atoms with Gasteiger partial charge in [-0.3, -0.25) is 14.4 Å². The first-order valence-corrected chi connectivity index (χ1v) is 12.1. The van der Waals surface area contributed by atoms with Gasteiger partial charge in [-0.05, 0) is 43.2 Å². The lowest BCUT2D eigenvalue weighted by Gasteiger charge is -2.31. The summed E-state index contributed by atoms with van der Waals surface area (Å²) < 4.78 is 0. The summed E-state index contributed by atoms with van der Waals surface area (Å²) in [5.41, 5.74) is 1.22. The van der Waals surface area contributed by atoms with E-state index in [0.717, 1.165) is 17.7 Å². The lowest BCUT2D eigenvalue weighted by molar-refractivity contribution is -0.129. The molecule has 0 aromatic heterocycles. The predicted molar refractivity (Wildman–Crippen MR) is 130 cm³/mol. The summed E-state index contributed by atoms with van der Waals surface area (Å²) in [6.07, 6.45) is 5.71. The number of halogens is 1. The lowest BCUT2D eigenvalue weighted by Crippen LogP contribution is -2.39. The van der Waals surface area contributed by atoms with Gasteiger partial charge in [0.1, 0.15) is 0 Å². The summed E-state index contributed by atoms with van der Waals surface area (Å²) in [7, 11) is 3.40. The van der Waals surface area contributed by atoms with Gasteiger partial charge in [0, 0.05) is 30.7 Å². The van der Waals surface area contributed by atoms with E-state index in [2.05, 4.69) is 10.6 Å². The van der Waals surface area contributed by atoms with Gasteiger partial charge in [-0.1, -0.05) is 43.0 Å². The summed E-state index contributed by atoms with van der Waals surface area (Å²) in [6.45, 7) is 0. The van der Waals surface area contributed by atoms with E-state index in [4.69, 9.17) is 11.6 Å². The molecule has 170 valence electrons. The third-order valence-electron chi connectivity index (χ3n) is 5.69. The minimum Gasteiger partial charge on any atom is -0.355 e. The van der Waals surface area contributed by atoms with Crippen LogP contribution in [-0.4, -0.2) is 48.5 Å². The number of hydrogen-bond donors (Lipinski definition) is 2. The van der Waals surface area contributed by atoms with Crippen LogP contribution in [0, 0.1) is 0 Å². The van der Waals surface area contributed by atoms with Crippen LogP contribution in [0.4, 0.5) is 5.69 Å². The van der Waals surface area contributed by atoms with E-state index in [-0.39, 0.29) is 29.0 Å². The van der Waals surface area contributed by atoms with Gasteiger partial charge in [-0.2, -0.15) is 0 Å². The molecule has 32 heavy (non-hydrogen) atoms. The molecule has 3 amide bonds. The zero-order chi connectivity index (χ0) is 23.1. The van der Waals surface area contributed by atoms with Crippen LogP contribution >= 0.6 is 23.4 Å². The summed E-state index contributed by atoms with van der Waals surface area (Å²) in [6, 6.07) is 12.3. The Labute approximate surface area is 198 Å². The highest BCUT2D eigenvalue weighted by Gasteiger charge is 2.22.